The van der Waals surface area contributed by atoms with Crippen molar-refractivity contribution >= 4 is 11.2 Å². The van der Waals surface area contributed by atoms with Crippen molar-refractivity contribution in [2.75, 3.05) is 13.2 Å². The smallest absolute Gasteiger partial charge is 0.332 e. The summed E-state index contributed by atoms with van der Waals surface area (Å²) in [5.41, 5.74) is -0.394. The van der Waals surface area contributed by atoms with Gasteiger partial charge in [0.2, 0.25) is 0 Å². The number of aromatic nitrogens is 4. The summed E-state index contributed by atoms with van der Waals surface area (Å²) >= 11 is 0. The molecule has 0 unspecified atom stereocenters. The van der Waals surface area contributed by atoms with E-state index in [1.54, 1.807) is 7.05 Å². The fourth-order valence-electron chi connectivity index (χ4n) is 2.28. The van der Waals surface area contributed by atoms with Crippen LogP contribution in [0.2, 0.25) is 0 Å². The monoisotopic (exact) mass is 262 g/mol. The predicted octanol–water partition coefficient (Wildman–Crippen LogP) is -0.473. The minimum atomic E-state index is -0.390. The Bertz CT molecular complexity index is 758. The fourth-order valence-corrected chi connectivity index (χ4v) is 2.28. The molecule has 2 aromatic rings. The highest BCUT2D eigenvalue weighted by Crippen LogP contribution is 2.27. The van der Waals surface area contributed by atoms with Crippen molar-refractivity contribution in [1.82, 2.24) is 19.1 Å². The number of fused-ring (bicyclic) bond motifs is 1. The van der Waals surface area contributed by atoms with Crippen molar-refractivity contribution in [1.29, 1.82) is 0 Å². The Morgan fingerprint density at radius 1 is 1.32 bits per heavy atom. The molecule has 0 radical (unpaired) electrons. The zero-order chi connectivity index (χ0) is 13.6. The van der Waals surface area contributed by atoms with Gasteiger partial charge in [0.15, 0.2) is 11.2 Å². The summed E-state index contributed by atoms with van der Waals surface area (Å²) < 4.78 is 7.73. The van der Waals surface area contributed by atoms with Crippen molar-refractivity contribution in [2.45, 2.75) is 13.5 Å². The maximum absolute atomic E-state index is 12.3. The van der Waals surface area contributed by atoms with Gasteiger partial charge in [0.25, 0.3) is 5.56 Å². The predicted molar refractivity (Wildman–Crippen MR) is 68.0 cm³/mol. The molecule has 0 atom stereocenters. The molecule has 3 rings (SSSR count). The van der Waals surface area contributed by atoms with Crippen LogP contribution in [0.4, 0.5) is 0 Å². The van der Waals surface area contributed by atoms with Crippen LogP contribution in [-0.4, -0.2) is 32.3 Å². The Kier molecular flexibility index (Phi) is 2.53. The van der Waals surface area contributed by atoms with Crippen LogP contribution >= 0.6 is 0 Å². The van der Waals surface area contributed by atoms with E-state index >= 15 is 0 Å². The van der Waals surface area contributed by atoms with Crippen molar-refractivity contribution in [3.05, 3.63) is 33.2 Å². The molecule has 0 spiro atoms. The van der Waals surface area contributed by atoms with E-state index in [1.807, 2.05) is 6.92 Å². The molecule has 7 nitrogen and oxygen atoms in total. The molecule has 0 aromatic carbocycles. The Morgan fingerprint density at radius 3 is 2.63 bits per heavy atom. The van der Waals surface area contributed by atoms with Crippen LogP contribution < -0.4 is 11.2 Å². The maximum atomic E-state index is 12.3. The van der Waals surface area contributed by atoms with E-state index in [0.717, 1.165) is 0 Å². The lowest BCUT2D eigenvalue weighted by Crippen LogP contribution is -2.50. The average Bonchev–Trinajstić information content (AvgIpc) is 2.39. The van der Waals surface area contributed by atoms with E-state index in [0.29, 0.717) is 25.4 Å². The molecule has 1 fully saturated rings. The highest BCUT2D eigenvalue weighted by atomic mass is 16.5. The fraction of sp³-hybridized carbons (Fsp3) is 0.500. The van der Waals surface area contributed by atoms with Crippen molar-refractivity contribution < 1.29 is 4.74 Å². The van der Waals surface area contributed by atoms with E-state index in [4.69, 9.17) is 4.74 Å². The standard InChI is InChI=1S/C12H14N4O3/c1-12(6-19-7-12)5-16-10(17)8-9(14-4-3-13-8)15(2)11(16)18/h3-4H,5-7H2,1-2H3. The zero-order valence-corrected chi connectivity index (χ0v) is 10.8. The minimum absolute atomic E-state index is 0.161. The molecule has 19 heavy (non-hydrogen) atoms. The maximum Gasteiger partial charge on any atom is 0.332 e. The number of nitrogens with zero attached hydrogens (tertiary/aromatic N) is 4. The minimum Gasteiger partial charge on any atom is -0.380 e. The largest absolute Gasteiger partial charge is 0.380 e. The lowest BCUT2D eigenvalue weighted by atomic mass is 9.88. The van der Waals surface area contributed by atoms with Gasteiger partial charge < -0.3 is 4.74 Å². The van der Waals surface area contributed by atoms with Crippen LogP contribution in [0, 0.1) is 5.41 Å². The Labute approximate surface area is 108 Å². The number of rotatable bonds is 2. The van der Waals surface area contributed by atoms with Crippen LogP contribution in [0.15, 0.2) is 22.0 Å². The number of hydrogen-bond donors (Lipinski definition) is 0. The Balaban J connectivity index is 2.25. The normalized spacial score (nSPS) is 17.4. The van der Waals surface area contributed by atoms with Crippen molar-refractivity contribution in [3.63, 3.8) is 0 Å². The SMILES string of the molecule is Cn1c(=O)n(CC2(C)COC2)c(=O)c2nccnc21. The summed E-state index contributed by atoms with van der Waals surface area (Å²) in [7, 11) is 1.59. The van der Waals surface area contributed by atoms with Gasteiger partial charge in [-0.05, 0) is 0 Å². The van der Waals surface area contributed by atoms with Crippen LogP contribution in [0.25, 0.3) is 11.2 Å². The lowest BCUT2D eigenvalue weighted by molar-refractivity contribution is -0.111. The molecule has 0 saturated carbocycles. The first-order chi connectivity index (χ1) is 9.02. The quantitative estimate of drug-likeness (QED) is 0.731. The van der Waals surface area contributed by atoms with Gasteiger partial charge in [-0.2, -0.15) is 0 Å². The van der Waals surface area contributed by atoms with Gasteiger partial charge in [0, 0.05) is 31.4 Å². The molecule has 0 N–H and O–H groups in total. The molecule has 0 bridgehead atoms. The van der Waals surface area contributed by atoms with E-state index in [9.17, 15) is 9.59 Å². The molecule has 1 aliphatic rings. The lowest BCUT2D eigenvalue weighted by Gasteiger charge is -2.38. The molecular weight excluding hydrogens is 248 g/mol. The summed E-state index contributed by atoms with van der Waals surface area (Å²) in [6.45, 7) is 3.44. The van der Waals surface area contributed by atoms with E-state index < -0.39 is 0 Å². The topological polar surface area (TPSA) is 79.0 Å². The molecule has 3 heterocycles. The average molecular weight is 262 g/mol. The van der Waals surface area contributed by atoms with Gasteiger partial charge >= 0.3 is 5.69 Å². The second-order valence-electron chi connectivity index (χ2n) is 5.26. The molecule has 0 amide bonds. The Hall–Kier alpha value is -2.02. The first kappa shape index (κ1) is 12.0. The number of aryl methyl sites for hydroxylation is 1. The van der Waals surface area contributed by atoms with Crippen molar-refractivity contribution in [3.8, 4) is 0 Å². The van der Waals surface area contributed by atoms with E-state index in [-0.39, 0.29) is 22.2 Å². The Morgan fingerprint density at radius 2 is 2.00 bits per heavy atom. The molecule has 2 aromatic heterocycles. The van der Waals surface area contributed by atoms with Gasteiger partial charge in [-0.25, -0.2) is 14.8 Å². The van der Waals surface area contributed by atoms with Crippen molar-refractivity contribution in [2.24, 2.45) is 12.5 Å². The summed E-state index contributed by atoms with van der Waals surface area (Å²) in [6, 6.07) is 0. The number of ether oxygens (including phenoxy) is 1. The first-order valence-electron chi connectivity index (χ1n) is 6.00. The molecule has 1 aliphatic heterocycles. The second kappa shape index (κ2) is 3.99. The van der Waals surface area contributed by atoms with Crippen LogP contribution in [0.1, 0.15) is 6.92 Å². The molecular formula is C12H14N4O3. The molecule has 100 valence electrons. The van der Waals surface area contributed by atoms with Gasteiger partial charge in [-0.15, -0.1) is 0 Å². The van der Waals surface area contributed by atoms with Crippen LogP contribution in [0.5, 0.6) is 0 Å². The molecule has 0 aliphatic carbocycles. The third kappa shape index (κ3) is 1.77. The van der Waals surface area contributed by atoms with Gasteiger partial charge in [0.1, 0.15) is 0 Å². The van der Waals surface area contributed by atoms with Gasteiger partial charge in [-0.3, -0.25) is 13.9 Å². The third-order valence-corrected chi connectivity index (χ3v) is 3.40. The molecule has 7 heteroatoms. The van der Waals surface area contributed by atoms with Gasteiger partial charge in [0.05, 0.1) is 13.2 Å². The highest BCUT2D eigenvalue weighted by Gasteiger charge is 2.35. The molecule has 1 saturated heterocycles. The van der Waals surface area contributed by atoms with Crippen LogP contribution in [-0.2, 0) is 18.3 Å². The zero-order valence-electron chi connectivity index (χ0n) is 10.8. The second-order valence-corrected chi connectivity index (χ2v) is 5.26. The summed E-state index contributed by atoms with van der Waals surface area (Å²) in [5.74, 6) is 0. The summed E-state index contributed by atoms with van der Waals surface area (Å²) in [6.07, 6.45) is 2.92. The number of hydrogen-bond acceptors (Lipinski definition) is 5. The first-order valence-corrected chi connectivity index (χ1v) is 6.00. The van der Waals surface area contributed by atoms with E-state index in [1.165, 1.54) is 21.5 Å². The van der Waals surface area contributed by atoms with Gasteiger partial charge in [-0.1, -0.05) is 6.92 Å². The summed E-state index contributed by atoms with van der Waals surface area (Å²) in [5, 5.41) is 0. The highest BCUT2D eigenvalue weighted by molar-refractivity contribution is 5.67. The third-order valence-electron chi connectivity index (χ3n) is 3.40. The summed E-state index contributed by atoms with van der Waals surface area (Å²) in [4.78, 5) is 32.6. The van der Waals surface area contributed by atoms with E-state index in [2.05, 4.69) is 9.97 Å². The van der Waals surface area contributed by atoms with Crippen LogP contribution in [0.3, 0.4) is 0 Å².